The second-order valence-electron chi connectivity index (χ2n) is 26.8. The summed E-state index contributed by atoms with van der Waals surface area (Å²) in [4.78, 5) is 40.2. The van der Waals surface area contributed by atoms with Gasteiger partial charge in [0.25, 0.3) is 7.82 Å². The molecule has 0 saturated heterocycles. The van der Waals surface area contributed by atoms with Gasteiger partial charge in [0.05, 0.1) is 33.8 Å². The Balaban J connectivity index is 4.98. The fourth-order valence-corrected chi connectivity index (χ4v) is 12.0. The zero-order chi connectivity index (χ0) is 62.1. The molecule has 0 aromatic carbocycles. The quantitative estimate of drug-likeness (QED) is 0.0212. The number of carbonyl (C=O) groups excluding carboxylic acids is 2. The molecular weight excluding hydrogens is 1070 g/mol. The summed E-state index contributed by atoms with van der Waals surface area (Å²) in [5.74, 6) is -0.516. The van der Waals surface area contributed by atoms with Gasteiger partial charge in [-0.1, -0.05) is 340 Å². The van der Waals surface area contributed by atoms with E-state index >= 15 is 0 Å². The summed E-state index contributed by atoms with van der Waals surface area (Å²) in [5, 5.41) is 3.06. The van der Waals surface area contributed by atoms with E-state index in [1.807, 2.05) is 33.3 Å². The third kappa shape index (κ3) is 66.5. The van der Waals surface area contributed by atoms with Crippen LogP contribution in [-0.4, -0.2) is 69.4 Å². The number of hydrogen-bond donors (Lipinski definition) is 1. The highest BCUT2D eigenvalue weighted by Gasteiger charge is 2.27. The van der Waals surface area contributed by atoms with Crippen molar-refractivity contribution < 1.29 is 37.3 Å². The first-order chi connectivity index (χ1) is 41.4. The van der Waals surface area contributed by atoms with Gasteiger partial charge in [-0.05, 0) is 63.9 Å². The number of phosphoric acid groups is 1. The van der Waals surface area contributed by atoms with Crippen LogP contribution in [0, 0.1) is 0 Å². The average molecular weight is 1220 g/mol. The Morgan fingerprint density at radius 3 is 1.08 bits per heavy atom. The molecule has 1 N–H and O–H groups in total. The first-order valence-electron chi connectivity index (χ1n) is 37.3. The number of esters is 1. The van der Waals surface area contributed by atoms with Crippen molar-refractivity contribution >= 4 is 19.7 Å². The summed E-state index contributed by atoms with van der Waals surface area (Å²) < 4.78 is 30.5. The predicted octanol–water partition coefficient (Wildman–Crippen LogP) is 23.2. The van der Waals surface area contributed by atoms with Crippen molar-refractivity contribution in [3.05, 3.63) is 36.5 Å². The first kappa shape index (κ1) is 83.2. The number of nitrogens with zero attached hydrogens (tertiary/aromatic N) is 1. The van der Waals surface area contributed by atoms with Crippen molar-refractivity contribution in [3.63, 3.8) is 0 Å². The van der Waals surface area contributed by atoms with E-state index in [0.29, 0.717) is 17.4 Å². The number of carbonyl (C=O) groups is 2. The number of quaternary nitrogens is 1. The summed E-state index contributed by atoms with van der Waals surface area (Å²) in [6, 6.07) is -0.884. The molecule has 0 aromatic rings. The Bertz CT molecular complexity index is 1550. The molecule has 502 valence electrons. The maximum absolute atomic E-state index is 13.6. The fourth-order valence-electron chi connectivity index (χ4n) is 11.3. The molecule has 0 radical (unpaired) electrons. The molecular formula is C75H145N2O7P. The number of likely N-dealkylation sites (N-methyl/N-ethyl adjacent to an activating group) is 1. The Hall–Kier alpha value is -1.77. The van der Waals surface area contributed by atoms with Gasteiger partial charge >= 0.3 is 5.97 Å². The number of phosphoric ester groups is 1. The lowest BCUT2D eigenvalue weighted by atomic mass is 10.0. The molecule has 85 heavy (non-hydrogen) atoms. The SMILES string of the molecule is CCCCC/C=C\C/C=C\CCCCCCCCCCCCCCCCCCCC(=O)NC(COP(=O)([O-])OCC[N+](C)(C)C)C(/C=C\CCCCCCCCCCCCC)OC(=O)CCCCCCCCCCCCCCCCCCCCC. The van der Waals surface area contributed by atoms with E-state index in [1.54, 1.807) is 0 Å². The first-order valence-corrected chi connectivity index (χ1v) is 38.8. The standard InChI is InChI=1S/C75H145N2O7P/c1-7-10-13-16-19-22-25-28-30-32-34-35-36-37-38-39-40-41-43-44-46-49-52-55-58-61-64-67-74(78)76-72(71-83-85(80,81)82-70-69-77(4,5)6)73(66-63-60-57-54-51-48-27-24-21-18-15-12-9-3)84-75(79)68-65-62-59-56-53-50-47-45-42-33-31-29-26-23-20-17-14-11-8-2/h19,22,28,30,63,66,72-73H,7-18,20-21,23-27,29,31-62,64-65,67-71H2,1-6H3,(H-,76,78,80,81)/b22-19-,30-28-,66-63-. The van der Waals surface area contributed by atoms with E-state index in [1.165, 1.54) is 283 Å². The highest BCUT2D eigenvalue weighted by Crippen LogP contribution is 2.38. The van der Waals surface area contributed by atoms with Gasteiger partial charge in [0, 0.05) is 12.8 Å². The average Bonchev–Trinajstić information content (AvgIpc) is 3.53. The molecule has 0 rings (SSSR count). The number of ether oxygens (including phenoxy) is 1. The molecule has 1 amide bonds. The van der Waals surface area contributed by atoms with Crippen LogP contribution in [0.25, 0.3) is 0 Å². The number of hydrogen-bond acceptors (Lipinski definition) is 7. The van der Waals surface area contributed by atoms with E-state index in [0.717, 1.165) is 64.2 Å². The minimum atomic E-state index is -4.70. The lowest BCUT2D eigenvalue weighted by Crippen LogP contribution is -2.47. The van der Waals surface area contributed by atoms with E-state index in [2.05, 4.69) is 50.4 Å². The van der Waals surface area contributed by atoms with Gasteiger partial charge in [0.2, 0.25) is 5.91 Å². The van der Waals surface area contributed by atoms with Crippen LogP contribution in [0.3, 0.4) is 0 Å². The van der Waals surface area contributed by atoms with Crippen molar-refractivity contribution in [2.24, 2.45) is 0 Å². The van der Waals surface area contributed by atoms with Crippen LogP contribution in [0.15, 0.2) is 36.5 Å². The van der Waals surface area contributed by atoms with Gasteiger partial charge in [-0.15, -0.1) is 0 Å². The molecule has 0 fully saturated rings. The van der Waals surface area contributed by atoms with Crippen LogP contribution in [0.4, 0.5) is 0 Å². The summed E-state index contributed by atoms with van der Waals surface area (Å²) in [6.45, 7) is 6.89. The number of nitrogens with one attached hydrogen (secondary N) is 1. The molecule has 0 aliphatic rings. The topological polar surface area (TPSA) is 114 Å². The second-order valence-corrected chi connectivity index (χ2v) is 28.2. The van der Waals surface area contributed by atoms with Crippen molar-refractivity contribution in [3.8, 4) is 0 Å². The van der Waals surface area contributed by atoms with Crippen LogP contribution in [-0.2, 0) is 27.9 Å². The lowest BCUT2D eigenvalue weighted by Gasteiger charge is -2.30. The summed E-state index contributed by atoms with van der Waals surface area (Å²) in [6.07, 6.45) is 81.3. The van der Waals surface area contributed by atoms with Gasteiger partial charge < -0.3 is 28.5 Å². The van der Waals surface area contributed by atoms with E-state index < -0.39 is 20.0 Å². The summed E-state index contributed by atoms with van der Waals surface area (Å²) >= 11 is 0. The summed E-state index contributed by atoms with van der Waals surface area (Å²) in [7, 11) is 1.21. The Labute approximate surface area is 529 Å². The monoisotopic (exact) mass is 1220 g/mol. The van der Waals surface area contributed by atoms with E-state index in [-0.39, 0.29) is 31.5 Å². The van der Waals surface area contributed by atoms with E-state index in [9.17, 15) is 19.0 Å². The Morgan fingerprint density at radius 1 is 0.412 bits per heavy atom. The number of unbranched alkanes of at least 4 members (excludes halogenated alkanes) is 49. The van der Waals surface area contributed by atoms with Gasteiger partial charge in [-0.25, -0.2) is 0 Å². The van der Waals surface area contributed by atoms with E-state index in [4.69, 9.17) is 13.8 Å². The molecule has 0 aliphatic carbocycles. The van der Waals surface area contributed by atoms with Crippen molar-refractivity contribution in [2.45, 2.75) is 392 Å². The molecule has 0 bridgehead atoms. The molecule has 3 unspecified atom stereocenters. The van der Waals surface area contributed by atoms with Crippen LogP contribution in [0.1, 0.15) is 380 Å². The third-order valence-electron chi connectivity index (χ3n) is 17.1. The molecule has 0 aliphatic heterocycles. The maximum Gasteiger partial charge on any atom is 0.306 e. The number of allylic oxidation sites excluding steroid dienone is 5. The van der Waals surface area contributed by atoms with Gasteiger partial charge in [-0.3, -0.25) is 14.2 Å². The largest absolute Gasteiger partial charge is 0.756 e. The Morgan fingerprint density at radius 2 is 0.718 bits per heavy atom. The lowest BCUT2D eigenvalue weighted by molar-refractivity contribution is -0.870. The normalized spacial score (nSPS) is 13.6. The van der Waals surface area contributed by atoms with Crippen molar-refractivity contribution in [2.75, 3.05) is 40.9 Å². The van der Waals surface area contributed by atoms with Crippen LogP contribution in [0.5, 0.6) is 0 Å². The highest BCUT2D eigenvalue weighted by atomic mass is 31.2. The van der Waals surface area contributed by atoms with Gasteiger partial charge in [0.15, 0.2) is 0 Å². The Kier molecular flexibility index (Phi) is 63.8. The van der Waals surface area contributed by atoms with Crippen molar-refractivity contribution in [1.82, 2.24) is 5.32 Å². The van der Waals surface area contributed by atoms with Gasteiger partial charge in [0.1, 0.15) is 19.3 Å². The zero-order valence-electron chi connectivity index (χ0n) is 57.6. The zero-order valence-corrected chi connectivity index (χ0v) is 58.5. The molecule has 0 saturated carbocycles. The maximum atomic E-state index is 13.6. The molecule has 0 spiro atoms. The molecule has 3 atom stereocenters. The van der Waals surface area contributed by atoms with Crippen molar-refractivity contribution in [1.29, 1.82) is 0 Å². The number of rotatable bonds is 69. The molecule has 10 heteroatoms. The molecule has 0 heterocycles. The summed E-state index contributed by atoms with van der Waals surface area (Å²) in [5.41, 5.74) is 0. The van der Waals surface area contributed by atoms with Crippen LogP contribution < -0.4 is 10.2 Å². The smallest absolute Gasteiger partial charge is 0.306 e. The highest BCUT2D eigenvalue weighted by molar-refractivity contribution is 7.45. The van der Waals surface area contributed by atoms with Crippen LogP contribution in [0.2, 0.25) is 0 Å². The number of amides is 1. The predicted molar refractivity (Wildman–Crippen MR) is 367 cm³/mol. The second kappa shape index (κ2) is 65.2. The van der Waals surface area contributed by atoms with Crippen LogP contribution >= 0.6 is 7.82 Å². The van der Waals surface area contributed by atoms with Gasteiger partial charge in [-0.2, -0.15) is 0 Å². The minimum absolute atomic E-state index is 0.0185. The molecule has 9 nitrogen and oxygen atoms in total. The molecule has 0 aromatic heterocycles. The fraction of sp³-hybridized carbons (Fsp3) is 0.893. The minimum Gasteiger partial charge on any atom is -0.756 e. The third-order valence-corrected chi connectivity index (χ3v) is 18.0.